The zero-order chi connectivity index (χ0) is 31.8. The van der Waals surface area contributed by atoms with E-state index in [1.807, 2.05) is 48.5 Å². The van der Waals surface area contributed by atoms with Crippen LogP contribution in [0.3, 0.4) is 0 Å². The van der Waals surface area contributed by atoms with Crippen LogP contribution in [-0.2, 0) is 12.4 Å². The molecule has 4 aromatic carbocycles. The number of benzene rings is 4. The maximum atomic E-state index is 12.9. The van der Waals surface area contributed by atoms with Crippen molar-refractivity contribution in [3.05, 3.63) is 108 Å². The smallest absolute Gasteiger partial charge is 0.416 e. The molecular weight excluding hydrogens is 647 g/mol. The molecule has 0 unspecified atom stereocenters. The van der Waals surface area contributed by atoms with Crippen molar-refractivity contribution in [2.24, 2.45) is 0 Å². The number of hydrogen-bond acceptors (Lipinski definition) is 6. The fraction of sp³-hybridized carbons (Fsp3) is 0.0588. The van der Waals surface area contributed by atoms with Crippen LogP contribution < -0.4 is 0 Å². The summed E-state index contributed by atoms with van der Waals surface area (Å²) in [5.41, 5.74) is 2.32. The number of thiophene rings is 2. The normalized spacial score (nSPS) is 12.6. The summed E-state index contributed by atoms with van der Waals surface area (Å²) in [5.74, 6) is 0.804. The molecule has 0 aliphatic carbocycles. The van der Waals surface area contributed by atoms with E-state index < -0.39 is 23.5 Å². The van der Waals surface area contributed by atoms with Crippen LogP contribution in [0.25, 0.3) is 75.4 Å². The van der Waals surface area contributed by atoms with E-state index in [9.17, 15) is 26.3 Å². The monoisotopic (exact) mass is 662 g/mol. The Morgan fingerprint density at radius 1 is 0.457 bits per heavy atom. The third kappa shape index (κ3) is 5.13. The minimum Gasteiger partial charge on any atom is -0.435 e. The molecule has 228 valence electrons. The first kappa shape index (κ1) is 28.5. The Hall–Kier alpha value is -4.94. The maximum Gasteiger partial charge on any atom is 0.416 e. The molecule has 8 aromatic rings. The largest absolute Gasteiger partial charge is 0.435 e. The van der Waals surface area contributed by atoms with Gasteiger partial charge in [0.2, 0.25) is 11.8 Å². The van der Waals surface area contributed by atoms with Gasteiger partial charge in [0.25, 0.3) is 0 Å². The predicted molar refractivity (Wildman–Crippen MR) is 167 cm³/mol. The fourth-order valence-corrected chi connectivity index (χ4v) is 7.04. The molecule has 0 spiro atoms. The second-order valence-electron chi connectivity index (χ2n) is 10.5. The van der Waals surface area contributed by atoms with Crippen molar-refractivity contribution in [1.82, 2.24) is 9.97 Å². The van der Waals surface area contributed by atoms with Gasteiger partial charge in [-0.3, -0.25) is 0 Å². The van der Waals surface area contributed by atoms with Crippen LogP contribution >= 0.6 is 22.7 Å². The van der Waals surface area contributed by atoms with Gasteiger partial charge < -0.3 is 8.83 Å². The maximum absolute atomic E-state index is 12.9. The Labute approximate surface area is 263 Å². The lowest BCUT2D eigenvalue weighted by molar-refractivity contribution is -0.138. The summed E-state index contributed by atoms with van der Waals surface area (Å²) in [6.45, 7) is 0. The highest BCUT2D eigenvalue weighted by Gasteiger charge is 2.31. The zero-order valence-corrected chi connectivity index (χ0v) is 24.7. The number of rotatable bonds is 4. The van der Waals surface area contributed by atoms with Gasteiger partial charge in [0, 0.05) is 9.75 Å². The Morgan fingerprint density at radius 3 is 1.20 bits per heavy atom. The number of fused-ring (bicyclic) bond motifs is 3. The summed E-state index contributed by atoms with van der Waals surface area (Å²) < 4.78 is 89.8. The van der Waals surface area contributed by atoms with E-state index in [-0.39, 0.29) is 0 Å². The summed E-state index contributed by atoms with van der Waals surface area (Å²) in [7, 11) is 0. The molecule has 0 saturated heterocycles. The van der Waals surface area contributed by atoms with E-state index in [1.54, 1.807) is 0 Å². The Balaban J connectivity index is 1.07. The highest BCUT2D eigenvalue weighted by Crippen LogP contribution is 2.40. The number of alkyl halides is 6. The van der Waals surface area contributed by atoms with Gasteiger partial charge in [-0.05, 0) is 94.7 Å². The second-order valence-corrected chi connectivity index (χ2v) is 12.7. The number of halogens is 6. The topological polar surface area (TPSA) is 52.1 Å². The minimum atomic E-state index is -4.39. The number of aromatic nitrogens is 2. The highest BCUT2D eigenvalue weighted by molar-refractivity contribution is 7.19. The average Bonchev–Trinajstić information content (AvgIpc) is 3.83. The van der Waals surface area contributed by atoms with Crippen LogP contribution in [0.1, 0.15) is 11.1 Å². The lowest BCUT2D eigenvalue weighted by Crippen LogP contribution is -2.03. The van der Waals surface area contributed by atoms with Crippen LogP contribution in [0.15, 0.2) is 106 Å². The Morgan fingerprint density at radius 2 is 0.826 bits per heavy atom. The second kappa shape index (κ2) is 10.3. The predicted octanol–water partition coefficient (Wildman–Crippen LogP) is 12.0. The Bertz CT molecular complexity index is 2160. The van der Waals surface area contributed by atoms with Crippen LogP contribution in [0, 0.1) is 0 Å². The van der Waals surface area contributed by atoms with E-state index in [0.29, 0.717) is 45.1 Å². The van der Waals surface area contributed by atoms with Crippen LogP contribution in [0.5, 0.6) is 0 Å². The lowest BCUT2D eigenvalue weighted by Gasteiger charge is -2.06. The number of hydrogen-bond donors (Lipinski definition) is 0. The first-order valence-corrected chi connectivity index (χ1v) is 15.3. The van der Waals surface area contributed by atoms with E-state index >= 15 is 0 Å². The van der Waals surface area contributed by atoms with Crippen molar-refractivity contribution < 1.29 is 35.2 Å². The molecule has 4 nitrogen and oxygen atoms in total. The SMILES string of the molecule is FC(F)(F)c1ccc(-c2ccc(-c3nc4cc5cc6oc(-c7ccc(-c8ccc(C(F)(F)F)cc8)s7)nc6cc5cc4o3)s2)cc1. The van der Waals surface area contributed by atoms with Gasteiger partial charge in [-0.2, -0.15) is 26.3 Å². The Kier molecular flexibility index (Phi) is 6.38. The molecule has 46 heavy (non-hydrogen) atoms. The third-order valence-corrected chi connectivity index (χ3v) is 9.72. The molecule has 0 fully saturated rings. The van der Waals surface area contributed by atoms with Gasteiger partial charge in [-0.15, -0.1) is 22.7 Å². The summed E-state index contributed by atoms with van der Waals surface area (Å²) in [5, 5.41) is 1.71. The van der Waals surface area contributed by atoms with Gasteiger partial charge in [0.05, 0.1) is 20.9 Å². The lowest BCUT2D eigenvalue weighted by atomic mass is 10.1. The molecule has 12 heteroatoms. The van der Waals surface area contributed by atoms with Crippen LogP contribution in [-0.4, -0.2) is 9.97 Å². The molecule has 0 saturated carbocycles. The molecule has 4 heterocycles. The third-order valence-electron chi connectivity index (χ3n) is 7.48. The number of nitrogens with zero attached hydrogens (tertiary/aromatic N) is 2. The van der Waals surface area contributed by atoms with Gasteiger partial charge >= 0.3 is 12.4 Å². The average molecular weight is 663 g/mol. The van der Waals surface area contributed by atoms with Crippen molar-refractivity contribution in [2.45, 2.75) is 12.4 Å². The molecule has 0 aliphatic rings. The quantitative estimate of drug-likeness (QED) is 0.176. The first-order valence-electron chi connectivity index (χ1n) is 13.7. The van der Waals surface area contributed by atoms with E-state index in [2.05, 4.69) is 9.97 Å². The van der Waals surface area contributed by atoms with Crippen molar-refractivity contribution in [2.75, 3.05) is 0 Å². The first-order chi connectivity index (χ1) is 22.0. The van der Waals surface area contributed by atoms with E-state index in [4.69, 9.17) is 8.83 Å². The van der Waals surface area contributed by atoms with Crippen molar-refractivity contribution in [3.63, 3.8) is 0 Å². The van der Waals surface area contributed by atoms with Gasteiger partial charge in [-0.25, -0.2) is 9.97 Å². The molecule has 0 bridgehead atoms. The summed E-state index contributed by atoms with van der Waals surface area (Å²) in [4.78, 5) is 12.4. The van der Waals surface area contributed by atoms with Crippen LogP contribution in [0.2, 0.25) is 0 Å². The highest BCUT2D eigenvalue weighted by atomic mass is 32.1. The minimum absolute atomic E-state index is 0.402. The number of oxazole rings is 2. The van der Waals surface area contributed by atoms with Crippen molar-refractivity contribution in [1.29, 1.82) is 0 Å². The molecule has 0 aliphatic heterocycles. The standard InChI is InChI=1S/C34H16F6N2O2S2/c35-33(36,37)21-5-1-17(2-6-21)27-9-11-29(45-27)31-41-23-13-19-16-26-24(14-20(19)15-25(23)43-31)42-32(44-26)30-12-10-28(46-30)18-3-7-22(8-4-18)34(38,39)40/h1-16H. The molecule has 4 aromatic heterocycles. The van der Waals surface area contributed by atoms with Crippen molar-refractivity contribution in [3.8, 4) is 42.4 Å². The fourth-order valence-electron chi connectivity index (χ4n) is 5.17. The van der Waals surface area contributed by atoms with Gasteiger partial charge in [-0.1, -0.05) is 24.3 Å². The van der Waals surface area contributed by atoms with Crippen LogP contribution in [0.4, 0.5) is 26.3 Å². The van der Waals surface area contributed by atoms with Gasteiger partial charge in [0.1, 0.15) is 11.0 Å². The van der Waals surface area contributed by atoms with Gasteiger partial charge in [0.15, 0.2) is 11.2 Å². The zero-order valence-electron chi connectivity index (χ0n) is 23.0. The van der Waals surface area contributed by atoms with E-state index in [1.165, 1.54) is 46.9 Å². The van der Waals surface area contributed by atoms with E-state index in [0.717, 1.165) is 54.5 Å². The summed E-state index contributed by atoms with van der Waals surface area (Å²) >= 11 is 2.74. The molecule has 0 radical (unpaired) electrons. The summed E-state index contributed by atoms with van der Waals surface area (Å²) in [6.07, 6.45) is -8.78. The molecular formula is C34H16F6N2O2S2. The summed E-state index contributed by atoms with van der Waals surface area (Å²) in [6, 6.07) is 24.9. The van der Waals surface area contributed by atoms with Crippen molar-refractivity contribution >= 4 is 55.6 Å². The molecule has 0 N–H and O–H groups in total. The molecule has 8 rings (SSSR count). The molecule has 0 amide bonds. The molecule has 0 atom stereocenters.